The van der Waals surface area contributed by atoms with Gasteiger partial charge in [0, 0.05) is 11.1 Å². The highest BCUT2D eigenvalue weighted by atomic mass is 32.2. The number of rotatable bonds is 4. The van der Waals surface area contributed by atoms with Crippen LogP contribution in [0.1, 0.15) is 11.3 Å². The van der Waals surface area contributed by atoms with Crippen LogP contribution in [-0.2, 0) is 10.0 Å². The molecule has 0 aliphatic heterocycles. The summed E-state index contributed by atoms with van der Waals surface area (Å²) in [6.07, 6.45) is 0. The summed E-state index contributed by atoms with van der Waals surface area (Å²) in [6, 6.07) is 19.1. The number of nitrogens with one attached hydrogen (secondary N) is 1. The van der Waals surface area contributed by atoms with Crippen molar-refractivity contribution in [2.75, 3.05) is 4.72 Å². The number of aromatic nitrogens is 2. The molecule has 148 valence electrons. The molecule has 0 fully saturated rings. The monoisotopic (exact) mass is 414 g/mol. The quantitative estimate of drug-likeness (QED) is 0.462. The van der Waals surface area contributed by atoms with Crippen molar-refractivity contribution in [2.45, 2.75) is 18.7 Å². The third-order valence-electron chi connectivity index (χ3n) is 4.74. The maximum Gasteiger partial charge on any atom is 0.263 e. The minimum Gasteiger partial charge on any atom is -0.263 e. The van der Waals surface area contributed by atoms with Gasteiger partial charge in [-0.2, -0.15) is 0 Å². The first-order valence-corrected chi connectivity index (χ1v) is 10.7. The standard InChI is InChI=1S/C23H18N4O2S/c1-15-14-16(2)25-23-21(15)12-13-22(26-23)27-30(28,29)20-10-6-18(7-11-20)17-4-8-19(24-3)9-5-17/h4-14H,1-2H3,(H,25,26,27). The molecule has 0 unspecified atom stereocenters. The summed E-state index contributed by atoms with van der Waals surface area (Å²) in [6.45, 7) is 10.9. The van der Waals surface area contributed by atoms with Crippen LogP contribution in [-0.4, -0.2) is 18.4 Å². The Kier molecular flexibility index (Phi) is 4.94. The van der Waals surface area contributed by atoms with Gasteiger partial charge in [0.2, 0.25) is 0 Å². The molecule has 6 nitrogen and oxygen atoms in total. The van der Waals surface area contributed by atoms with Gasteiger partial charge in [0.25, 0.3) is 10.0 Å². The van der Waals surface area contributed by atoms with Crippen molar-refractivity contribution in [3.8, 4) is 11.1 Å². The minimum atomic E-state index is -3.79. The molecule has 0 saturated heterocycles. The van der Waals surface area contributed by atoms with Gasteiger partial charge in [0.1, 0.15) is 5.82 Å². The number of nitrogens with zero attached hydrogens (tertiary/aromatic N) is 3. The molecule has 0 atom stereocenters. The molecule has 7 heteroatoms. The maximum absolute atomic E-state index is 12.8. The Balaban J connectivity index is 1.60. The molecular formula is C23H18N4O2S. The molecule has 0 radical (unpaired) electrons. The van der Waals surface area contributed by atoms with Crippen molar-refractivity contribution in [3.05, 3.63) is 89.4 Å². The van der Waals surface area contributed by atoms with Gasteiger partial charge in [-0.1, -0.05) is 36.4 Å². The van der Waals surface area contributed by atoms with E-state index < -0.39 is 10.0 Å². The zero-order valence-corrected chi connectivity index (χ0v) is 17.2. The van der Waals surface area contributed by atoms with Crippen LogP contribution in [0.4, 0.5) is 11.5 Å². The number of fused-ring (bicyclic) bond motifs is 1. The molecule has 4 rings (SSSR count). The number of pyridine rings is 2. The van der Waals surface area contributed by atoms with E-state index in [4.69, 9.17) is 6.57 Å². The van der Waals surface area contributed by atoms with Gasteiger partial charge in [-0.15, -0.1) is 0 Å². The zero-order chi connectivity index (χ0) is 21.3. The molecule has 0 aliphatic carbocycles. The molecule has 2 aromatic carbocycles. The molecule has 30 heavy (non-hydrogen) atoms. The first-order valence-electron chi connectivity index (χ1n) is 9.21. The van der Waals surface area contributed by atoms with Crippen molar-refractivity contribution in [1.29, 1.82) is 0 Å². The lowest BCUT2D eigenvalue weighted by molar-refractivity contribution is 0.601. The van der Waals surface area contributed by atoms with E-state index in [-0.39, 0.29) is 10.7 Å². The first kappa shape index (κ1) is 19.6. The van der Waals surface area contributed by atoms with E-state index in [9.17, 15) is 8.42 Å². The summed E-state index contributed by atoms with van der Waals surface area (Å²) in [5.41, 5.74) is 4.71. The number of benzene rings is 2. The predicted molar refractivity (Wildman–Crippen MR) is 118 cm³/mol. The summed E-state index contributed by atoms with van der Waals surface area (Å²) in [4.78, 5) is 12.3. The smallest absolute Gasteiger partial charge is 0.263 e. The largest absolute Gasteiger partial charge is 0.263 e. The fraction of sp³-hybridized carbons (Fsp3) is 0.0870. The van der Waals surface area contributed by atoms with Gasteiger partial charge in [-0.25, -0.2) is 23.2 Å². The molecular weight excluding hydrogens is 396 g/mol. The highest BCUT2D eigenvalue weighted by Crippen LogP contribution is 2.25. The Hall–Kier alpha value is -3.76. The van der Waals surface area contributed by atoms with Gasteiger partial charge in [0.05, 0.1) is 11.5 Å². The van der Waals surface area contributed by atoms with E-state index in [1.165, 1.54) is 0 Å². The second-order valence-electron chi connectivity index (χ2n) is 6.94. The van der Waals surface area contributed by atoms with Crippen molar-refractivity contribution in [1.82, 2.24) is 9.97 Å². The molecule has 4 aromatic rings. The fourth-order valence-electron chi connectivity index (χ4n) is 3.24. The van der Waals surface area contributed by atoms with Gasteiger partial charge >= 0.3 is 0 Å². The SMILES string of the molecule is [C-]#[N+]c1ccc(-c2ccc(S(=O)(=O)Nc3ccc4c(C)cc(C)nc4n3)cc2)cc1. The van der Waals surface area contributed by atoms with Crippen molar-refractivity contribution < 1.29 is 8.42 Å². The average Bonchev–Trinajstić information content (AvgIpc) is 2.73. The van der Waals surface area contributed by atoms with Crippen LogP contribution in [0.25, 0.3) is 27.0 Å². The van der Waals surface area contributed by atoms with Crippen molar-refractivity contribution in [2.24, 2.45) is 0 Å². The molecule has 2 heterocycles. The van der Waals surface area contributed by atoms with Crippen LogP contribution in [0, 0.1) is 20.4 Å². The van der Waals surface area contributed by atoms with Crippen molar-refractivity contribution >= 4 is 32.6 Å². The van der Waals surface area contributed by atoms with E-state index in [2.05, 4.69) is 19.5 Å². The van der Waals surface area contributed by atoms with Crippen LogP contribution in [0.15, 0.2) is 71.6 Å². The predicted octanol–water partition coefficient (Wildman–Crippen LogP) is 5.27. The Morgan fingerprint density at radius 2 is 1.50 bits per heavy atom. The Morgan fingerprint density at radius 1 is 0.867 bits per heavy atom. The Bertz CT molecular complexity index is 1390. The van der Waals surface area contributed by atoms with Crippen LogP contribution in [0.2, 0.25) is 0 Å². The lowest BCUT2D eigenvalue weighted by atomic mass is 10.1. The Labute approximate surface area is 175 Å². The molecule has 0 saturated carbocycles. The van der Waals surface area contributed by atoms with Gasteiger partial charge < -0.3 is 0 Å². The number of hydrogen-bond donors (Lipinski definition) is 1. The first-order chi connectivity index (χ1) is 14.4. The normalized spacial score (nSPS) is 11.2. The van der Waals surface area contributed by atoms with E-state index in [0.29, 0.717) is 11.3 Å². The van der Waals surface area contributed by atoms with Crippen molar-refractivity contribution in [3.63, 3.8) is 0 Å². The molecule has 1 N–H and O–H groups in total. The second-order valence-corrected chi connectivity index (χ2v) is 8.62. The Morgan fingerprint density at radius 3 is 2.13 bits per heavy atom. The van der Waals surface area contributed by atoms with Crippen LogP contribution < -0.4 is 4.72 Å². The minimum absolute atomic E-state index is 0.138. The van der Waals surface area contributed by atoms with E-state index in [1.54, 1.807) is 42.5 Å². The number of aryl methyl sites for hydroxylation is 2. The summed E-state index contributed by atoms with van der Waals surface area (Å²) in [5, 5.41) is 0.886. The lowest BCUT2D eigenvalue weighted by Gasteiger charge is -2.10. The van der Waals surface area contributed by atoms with Crippen LogP contribution in [0.5, 0.6) is 0 Å². The summed E-state index contributed by atoms with van der Waals surface area (Å²) < 4.78 is 28.1. The topological polar surface area (TPSA) is 76.3 Å². The van der Waals surface area contributed by atoms with E-state index in [0.717, 1.165) is 27.8 Å². The molecule has 2 aromatic heterocycles. The van der Waals surface area contributed by atoms with Gasteiger partial charge in [-0.05, 0) is 60.9 Å². The lowest BCUT2D eigenvalue weighted by Crippen LogP contribution is -2.14. The fourth-order valence-corrected chi connectivity index (χ4v) is 4.24. The van der Waals surface area contributed by atoms with Gasteiger partial charge in [0.15, 0.2) is 11.3 Å². The summed E-state index contributed by atoms with van der Waals surface area (Å²) in [7, 11) is -3.79. The zero-order valence-electron chi connectivity index (χ0n) is 16.4. The summed E-state index contributed by atoms with van der Waals surface area (Å²) in [5.74, 6) is 0.221. The highest BCUT2D eigenvalue weighted by molar-refractivity contribution is 7.92. The van der Waals surface area contributed by atoms with E-state index in [1.807, 2.05) is 38.1 Å². The number of sulfonamides is 1. The third kappa shape index (κ3) is 3.86. The van der Waals surface area contributed by atoms with Gasteiger partial charge in [-0.3, -0.25) is 4.72 Å². The third-order valence-corrected chi connectivity index (χ3v) is 6.11. The highest BCUT2D eigenvalue weighted by Gasteiger charge is 2.16. The number of anilines is 1. The molecule has 0 spiro atoms. The van der Waals surface area contributed by atoms with Crippen LogP contribution >= 0.6 is 0 Å². The maximum atomic E-state index is 12.8. The average molecular weight is 414 g/mol. The molecule has 0 aliphatic rings. The van der Waals surface area contributed by atoms with Crippen LogP contribution in [0.3, 0.4) is 0 Å². The second kappa shape index (κ2) is 7.58. The van der Waals surface area contributed by atoms with E-state index >= 15 is 0 Å². The molecule has 0 amide bonds. The number of hydrogen-bond acceptors (Lipinski definition) is 4. The molecule has 0 bridgehead atoms. The summed E-state index contributed by atoms with van der Waals surface area (Å²) >= 11 is 0.